The predicted molar refractivity (Wildman–Crippen MR) is 79.3 cm³/mol. The molecule has 1 rings (SSSR count). The van der Waals surface area contributed by atoms with Gasteiger partial charge >= 0.3 is 0 Å². The van der Waals surface area contributed by atoms with Crippen LogP contribution < -0.4 is 0 Å². The second-order valence-electron chi connectivity index (χ2n) is 5.54. The first kappa shape index (κ1) is 18.1. The Balaban J connectivity index is 2.59. The molecule has 0 amide bonds. The summed E-state index contributed by atoms with van der Waals surface area (Å²) < 4.78 is 10.9. The van der Waals surface area contributed by atoms with Crippen molar-refractivity contribution < 1.29 is 19.7 Å². The van der Waals surface area contributed by atoms with Crippen molar-refractivity contribution in [3.05, 3.63) is 12.2 Å². The van der Waals surface area contributed by atoms with E-state index >= 15 is 0 Å². The van der Waals surface area contributed by atoms with Gasteiger partial charge in [-0.15, -0.1) is 0 Å². The molecule has 0 aromatic heterocycles. The quantitative estimate of drug-likeness (QED) is 0.530. The van der Waals surface area contributed by atoms with Crippen LogP contribution in [0.4, 0.5) is 0 Å². The van der Waals surface area contributed by atoms with Crippen molar-refractivity contribution in [3.63, 3.8) is 0 Å². The number of aliphatic hydroxyl groups excluding tert-OH is 2. The molecule has 1 unspecified atom stereocenters. The topological polar surface area (TPSA) is 82.7 Å². The molecule has 0 saturated carbocycles. The first-order chi connectivity index (χ1) is 10.1. The number of rotatable bonds is 8. The molecule has 1 aliphatic heterocycles. The van der Waals surface area contributed by atoms with E-state index in [1.807, 2.05) is 0 Å². The van der Waals surface area contributed by atoms with Gasteiger partial charge in [-0.1, -0.05) is 38.3 Å². The molecule has 1 aliphatic rings. The highest BCUT2D eigenvalue weighted by atomic mass is 16.7. The van der Waals surface area contributed by atoms with Crippen molar-refractivity contribution in [3.8, 4) is 6.07 Å². The van der Waals surface area contributed by atoms with E-state index in [4.69, 9.17) is 14.7 Å². The molecule has 0 aromatic rings. The number of aliphatic hydroxyl groups is 2. The lowest BCUT2D eigenvalue weighted by Gasteiger charge is -2.37. The molecule has 1 fully saturated rings. The van der Waals surface area contributed by atoms with Gasteiger partial charge < -0.3 is 19.7 Å². The molecule has 5 atom stereocenters. The van der Waals surface area contributed by atoms with E-state index in [1.165, 1.54) is 7.11 Å². The molecular weight excluding hydrogens is 270 g/mol. The Labute approximate surface area is 127 Å². The Morgan fingerprint density at radius 3 is 2.86 bits per heavy atom. The molecule has 2 N–H and O–H groups in total. The van der Waals surface area contributed by atoms with Crippen molar-refractivity contribution >= 4 is 0 Å². The van der Waals surface area contributed by atoms with Crippen molar-refractivity contribution in [2.45, 2.75) is 70.1 Å². The van der Waals surface area contributed by atoms with Gasteiger partial charge in [0.05, 0.1) is 24.4 Å². The Bertz CT molecular complexity index is 353. The lowest BCUT2D eigenvalue weighted by Crippen LogP contribution is -2.44. The van der Waals surface area contributed by atoms with Crippen molar-refractivity contribution in [2.75, 3.05) is 7.11 Å². The smallest absolute Gasteiger partial charge is 0.160 e. The predicted octanol–water partition coefficient (Wildman–Crippen LogP) is 2.14. The van der Waals surface area contributed by atoms with Crippen LogP contribution in [-0.2, 0) is 9.47 Å². The molecule has 21 heavy (non-hydrogen) atoms. The lowest BCUT2D eigenvalue weighted by molar-refractivity contribution is -0.212. The van der Waals surface area contributed by atoms with Crippen LogP contribution in [0.2, 0.25) is 0 Å². The molecule has 5 heteroatoms. The first-order valence-corrected chi connectivity index (χ1v) is 7.72. The van der Waals surface area contributed by atoms with E-state index in [2.05, 4.69) is 13.0 Å². The maximum atomic E-state index is 10.1. The maximum Gasteiger partial charge on any atom is 0.160 e. The third kappa shape index (κ3) is 6.15. The normalized spacial score (nSPS) is 31.2. The molecule has 0 radical (unpaired) electrons. The summed E-state index contributed by atoms with van der Waals surface area (Å²) >= 11 is 0. The summed E-state index contributed by atoms with van der Waals surface area (Å²) in [6.07, 6.45) is 5.96. The second-order valence-corrected chi connectivity index (χ2v) is 5.54. The van der Waals surface area contributed by atoms with Gasteiger partial charge in [-0.2, -0.15) is 5.26 Å². The van der Waals surface area contributed by atoms with E-state index < -0.39 is 24.6 Å². The Morgan fingerprint density at radius 1 is 1.48 bits per heavy atom. The molecule has 0 bridgehead atoms. The summed E-state index contributed by atoms with van der Waals surface area (Å²) in [6.45, 7) is 2.12. The van der Waals surface area contributed by atoms with Gasteiger partial charge in [0.2, 0.25) is 0 Å². The van der Waals surface area contributed by atoms with Crippen LogP contribution >= 0.6 is 0 Å². The van der Waals surface area contributed by atoms with Gasteiger partial charge in [0.15, 0.2) is 6.29 Å². The Morgan fingerprint density at radius 2 is 2.24 bits per heavy atom. The number of nitrogens with zero attached hydrogens (tertiary/aromatic N) is 1. The standard InChI is InChI=1S/C16H27NO4/c1-3-4-5-6-12(18)7-8-15-13(9-10-17)14(19)11-16(20-2)21-15/h7-8,12-16,18-19H,3-6,9,11H2,1-2H3/b8-7+/t12-,13-,14+,15+,16?/m0/s1. The zero-order valence-electron chi connectivity index (χ0n) is 12.9. The van der Waals surface area contributed by atoms with Crippen LogP contribution in [0.25, 0.3) is 0 Å². The molecule has 0 spiro atoms. The van der Waals surface area contributed by atoms with Gasteiger partial charge in [-0.25, -0.2) is 0 Å². The van der Waals surface area contributed by atoms with E-state index in [1.54, 1.807) is 12.2 Å². The highest BCUT2D eigenvalue weighted by Crippen LogP contribution is 2.29. The van der Waals surface area contributed by atoms with Gasteiger partial charge in [0.25, 0.3) is 0 Å². The summed E-state index contributed by atoms with van der Waals surface area (Å²) in [7, 11) is 1.53. The van der Waals surface area contributed by atoms with Crippen LogP contribution in [0.1, 0.15) is 45.4 Å². The van der Waals surface area contributed by atoms with Crippen molar-refractivity contribution in [2.24, 2.45) is 5.92 Å². The Hall–Kier alpha value is -0.930. The highest BCUT2D eigenvalue weighted by Gasteiger charge is 2.36. The summed E-state index contributed by atoms with van der Waals surface area (Å²) in [6, 6.07) is 2.08. The van der Waals surface area contributed by atoms with Gasteiger partial charge in [-0.05, 0) is 6.42 Å². The monoisotopic (exact) mass is 297 g/mol. The molecule has 1 heterocycles. The van der Waals surface area contributed by atoms with E-state index in [-0.39, 0.29) is 12.3 Å². The third-order valence-electron chi connectivity index (χ3n) is 3.88. The number of methoxy groups -OCH3 is 1. The molecule has 1 saturated heterocycles. The Kier molecular flexibility index (Phi) is 8.55. The molecule has 120 valence electrons. The minimum absolute atomic E-state index is 0.221. The fourth-order valence-corrected chi connectivity index (χ4v) is 2.56. The number of ether oxygens (including phenoxy) is 2. The van der Waals surface area contributed by atoms with Gasteiger partial charge in [-0.3, -0.25) is 0 Å². The summed E-state index contributed by atoms with van der Waals surface area (Å²) in [5.41, 5.74) is 0. The van der Waals surface area contributed by atoms with E-state index in [9.17, 15) is 10.2 Å². The second kappa shape index (κ2) is 9.91. The van der Waals surface area contributed by atoms with Crippen LogP contribution in [0.5, 0.6) is 0 Å². The average molecular weight is 297 g/mol. The molecular formula is C16H27NO4. The SMILES string of the molecule is CCCCC[C@H](O)/C=C/[C@H]1OC(OC)C[C@@H](O)[C@@H]1CC#N. The highest BCUT2D eigenvalue weighted by molar-refractivity contribution is 5.02. The zero-order chi connectivity index (χ0) is 15.7. The molecule has 0 aromatic carbocycles. The number of hydrogen-bond acceptors (Lipinski definition) is 5. The lowest BCUT2D eigenvalue weighted by atomic mass is 9.88. The zero-order valence-corrected chi connectivity index (χ0v) is 12.9. The van der Waals surface area contributed by atoms with Crippen molar-refractivity contribution in [1.29, 1.82) is 5.26 Å². The largest absolute Gasteiger partial charge is 0.392 e. The van der Waals surface area contributed by atoms with E-state index in [0.717, 1.165) is 25.7 Å². The van der Waals surface area contributed by atoms with Crippen LogP contribution in [0, 0.1) is 17.2 Å². The van der Waals surface area contributed by atoms with Gasteiger partial charge in [0.1, 0.15) is 0 Å². The number of nitriles is 1. The first-order valence-electron chi connectivity index (χ1n) is 7.72. The summed E-state index contributed by atoms with van der Waals surface area (Å²) in [5.74, 6) is -0.277. The summed E-state index contributed by atoms with van der Waals surface area (Å²) in [5, 5.41) is 28.9. The number of unbranched alkanes of at least 4 members (excludes halogenated alkanes) is 2. The fourth-order valence-electron chi connectivity index (χ4n) is 2.56. The minimum Gasteiger partial charge on any atom is -0.392 e. The van der Waals surface area contributed by atoms with Crippen molar-refractivity contribution in [1.82, 2.24) is 0 Å². The average Bonchev–Trinajstić information content (AvgIpc) is 2.48. The van der Waals surface area contributed by atoms with Crippen LogP contribution in [0.3, 0.4) is 0 Å². The van der Waals surface area contributed by atoms with Crippen LogP contribution in [0.15, 0.2) is 12.2 Å². The minimum atomic E-state index is -0.629. The van der Waals surface area contributed by atoms with Crippen LogP contribution in [-0.4, -0.2) is 41.9 Å². The maximum absolute atomic E-state index is 10.1. The van der Waals surface area contributed by atoms with E-state index in [0.29, 0.717) is 6.42 Å². The van der Waals surface area contributed by atoms with Gasteiger partial charge in [0, 0.05) is 25.9 Å². The molecule has 5 nitrogen and oxygen atoms in total. The number of hydrogen-bond donors (Lipinski definition) is 2. The third-order valence-corrected chi connectivity index (χ3v) is 3.88. The fraction of sp³-hybridized carbons (Fsp3) is 0.812. The summed E-state index contributed by atoms with van der Waals surface area (Å²) in [4.78, 5) is 0. The molecule has 0 aliphatic carbocycles.